The van der Waals surface area contributed by atoms with E-state index in [-0.39, 0.29) is 17.3 Å². The van der Waals surface area contributed by atoms with Crippen LogP contribution in [-0.4, -0.2) is 23.4 Å². The average molecular weight is 280 g/mol. The summed E-state index contributed by atoms with van der Waals surface area (Å²) in [6.45, 7) is 4.50. The number of amides is 1. The number of hydrogen-bond acceptors (Lipinski definition) is 5. The van der Waals surface area contributed by atoms with E-state index >= 15 is 0 Å². The van der Waals surface area contributed by atoms with Gasteiger partial charge in [-0.25, -0.2) is 0 Å². The van der Waals surface area contributed by atoms with E-state index in [9.17, 15) is 19.7 Å². The minimum Gasteiger partial charge on any atom is -0.455 e. The SMILES string of the molecule is Cc1ccc(NC(=O)COC(=O)C(C)C)cc1[N+](=O)[O-]. The highest BCUT2D eigenvalue weighted by molar-refractivity contribution is 5.93. The Morgan fingerprint density at radius 3 is 2.60 bits per heavy atom. The highest BCUT2D eigenvalue weighted by Crippen LogP contribution is 2.22. The van der Waals surface area contributed by atoms with Gasteiger partial charge in [0.1, 0.15) is 0 Å². The summed E-state index contributed by atoms with van der Waals surface area (Å²) < 4.78 is 4.75. The summed E-state index contributed by atoms with van der Waals surface area (Å²) in [5.41, 5.74) is 0.703. The number of nitrogens with zero attached hydrogens (tertiary/aromatic N) is 1. The summed E-state index contributed by atoms with van der Waals surface area (Å²) in [5.74, 6) is -1.34. The second kappa shape index (κ2) is 6.65. The predicted molar refractivity (Wildman–Crippen MR) is 72.3 cm³/mol. The highest BCUT2D eigenvalue weighted by Gasteiger charge is 2.14. The predicted octanol–water partition coefficient (Wildman–Crippen LogP) is 2.04. The van der Waals surface area contributed by atoms with Crippen molar-refractivity contribution >= 4 is 23.3 Å². The Kier molecular flexibility index (Phi) is 5.19. The van der Waals surface area contributed by atoms with E-state index in [1.807, 2.05) is 0 Å². The topological polar surface area (TPSA) is 98.5 Å². The van der Waals surface area contributed by atoms with Crippen molar-refractivity contribution in [2.45, 2.75) is 20.8 Å². The van der Waals surface area contributed by atoms with Crippen LogP contribution < -0.4 is 5.32 Å². The van der Waals surface area contributed by atoms with Crippen molar-refractivity contribution in [3.63, 3.8) is 0 Å². The van der Waals surface area contributed by atoms with E-state index in [0.29, 0.717) is 5.56 Å². The van der Waals surface area contributed by atoms with Gasteiger partial charge in [0.15, 0.2) is 6.61 Å². The summed E-state index contributed by atoms with van der Waals surface area (Å²) >= 11 is 0. The number of nitro benzene ring substituents is 1. The third-order valence-electron chi connectivity index (χ3n) is 2.51. The first-order chi connectivity index (χ1) is 9.31. The number of hydrogen-bond donors (Lipinski definition) is 1. The van der Waals surface area contributed by atoms with Gasteiger partial charge in [-0.15, -0.1) is 0 Å². The van der Waals surface area contributed by atoms with Gasteiger partial charge in [-0.3, -0.25) is 19.7 Å². The fourth-order valence-corrected chi connectivity index (χ4v) is 1.38. The van der Waals surface area contributed by atoms with Gasteiger partial charge in [0, 0.05) is 17.3 Å². The molecule has 1 rings (SSSR count). The van der Waals surface area contributed by atoms with Crippen molar-refractivity contribution in [1.29, 1.82) is 0 Å². The molecule has 0 atom stereocenters. The molecular formula is C13H16N2O5. The van der Waals surface area contributed by atoms with Crippen molar-refractivity contribution in [2.24, 2.45) is 5.92 Å². The first-order valence-electron chi connectivity index (χ1n) is 6.02. The van der Waals surface area contributed by atoms with E-state index in [0.717, 1.165) is 0 Å². The second-order valence-electron chi connectivity index (χ2n) is 4.57. The fourth-order valence-electron chi connectivity index (χ4n) is 1.38. The number of benzene rings is 1. The van der Waals surface area contributed by atoms with E-state index in [1.165, 1.54) is 12.1 Å². The molecular weight excluding hydrogens is 264 g/mol. The number of ether oxygens (including phenoxy) is 1. The van der Waals surface area contributed by atoms with Gasteiger partial charge in [-0.05, 0) is 13.0 Å². The van der Waals surface area contributed by atoms with Crippen molar-refractivity contribution < 1.29 is 19.2 Å². The Morgan fingerprint density at radius 2 is 2.05 bits per heavy atom. The zero-order chi connectivity index (χ0) is 15.3. The quantitative estimate of drug-likeness (QED) is 0.505. The molecule has 0 radical (unpaired) electrons. The van der Waals surface area contributed by atoms with Crippen molar-refractivity contribution in [3.05, 3.63) is 33.9 Å². The van der Waals surface area contributed by atoms with Crippen molar-refractivity contribution in [1.82, 2.24) is 0 Å². The molecule has 0 saturated heterocycles. The maximum atomic E-state index is 11.5. The summed E-state index contributed by atoms with van der Waals surface area (Å²) in [5, 5.41) is 13.2. The molecule has 0 fully saturated rings. The van der Waals surface area contributed by atoms with Gasteiger partial charge >= 0.3 is 5.97 Å². The number of nitro groups is 1. The van der Waals surface area contributed by atoms with Crippen LogP contribution in [0.15, 0.2) is 18.2 Å². The van der Waals surface area contributed by atoms with Crippen molar-refractivity contribution in [3.8, 4) is 0 Å². The Hall–Kier alpha value is -2.44. The van der Waals surface area contributed by atoms with Gasteiger partial charge in [0.05, 0.1) is 10.8 Å². The number of carbonyl (C=O) groups is 2. The van der Waals surface area contributed by atoms with Crippen molar-refractivity contribution in [2.75, 3.05) is 11.9 Å². The van der Waals surface area contributed by atoms with E-state index < -0.39 is 23.4 Å². The third kappa shape index (κ3) is 4.34. The molecule has 7 nitrogen and oxygen atoms in total. The largest absolute Gasteiger partial charge is 0.455 e. The molecule has 108 valence electrons. The molecule has 0 spiro atoms. The lowest BCUT2D eigenvalue weighted by molar-refractivity contribution is -0.385. The van der Waals surface area contributed by atoms with Gasteiger partial charge in [-0.2, -0.15) is 0 Å². The first-order valence-corrected chi connectivity index (χ1v) is 6.02. The third-order valence-corrected chi connectivity index (χ3v) is 2.51. The molecule has 1 amide bonds. The second-order valence-corrected chi connectivity index (χ2v) is 4.57. The molecule has 0 aliphatic heterocycles. The number of nitrogens with one attached hydrogen (secondary N) is 1. The van der Waals surface area contributed by atoms with Crippen LogP contribution in [0.4, 0.5) is 11.4 Å². The van der Waals surface area contributed by atoms with Crippen LogP contribution in [-0.2, 0) is 14.3 Å². The molecule has 0 heterocycles. The highest BCUT2D eigenvalue weighted by atomic mass is 16.6. The lowest BCUT2D eigenvalue weighted by Crippen LogP contribution is -2.22. The molecule has 0 aliphatic rings. The maximum absolute atomic E-state index is 11.5. The summed E-state index contributed by atoms with van der Waals surface area (Å²) in [7, 11) is 0. The van der Waals surface area contributed by atoms with Crippen LogP contribution in [0.2, 0.25) is 0 Å². The summed E-state index contributed by atoms with van der Waals surface area (Å²) in [6, 6.07) is 4.34. The van der Waals surface area contributed by atoms with Crippen LogP contribution >= 0.6 is 0 Å². The van der Waals surface area contributed by atoms with Crippen LogP contribution in [0.3, 0.4) is 0 Å². The number of esters is 1. The van der Waals surface area contributed by atoms with Gasteiger partial charge in [0.2, 0.25) is 0 Å². The Labute approximate surface area is 116 Å². The minimum atomic E-state index is -0.544. The zero-order valence-corrected chi connectivity index (χ0v) is 11.5. The molecule has 20 heavy (non-hydrogen) atoms. The maximum Gasteiger partial charge on any atom is 0.308 e. The Morgan fingerprint density at radius 1 is 1.40 bits per heavy atom. The molecule has 0 aliphatic carbocycles. The molecule has 0 saturated carbocycles. The molecule has 0 unspecified atom stereocenters. The van der Waals surface area contributed by atoms with E-state index in [2.05, 4.69) is 5.32 Å². The molecule has 1 N–H and O–H groups in total. The lowest BCUT2D eigenvalue weighted by atomic mass is 10.2. The number of carbonyl (C=O) groups excluding carboxylic acids is 2. The number of anilines is 1. The zero-order valence-electron chi connectivity index (χ0n) is 11.5. The first kappa shape index (κ1) is 15.6. The van der Waals surface area contributed by atoms with Crippen LogP contribution in [0.1, 0.15) is 19.4 Å². The molecule has 7 heteroatoms. The van der Waals surface area contributed by atoms with Crippen LogP contribution in [0.25, 0.3) is 0 Å². The molecule has 1 aromatic rings. The number of rotatable bonds is 5. The normalized spacial score (nSPS) is 10.2. The van der Waals surface area contributed by atoms with Gasteiger partial charge in [-0.1, -0.05) is 19.9 Å². The molecule has 0 aromatic heterocycles. The van der Waals surface area contributed by atoms with Crippen LogP contribution in [0, 0.1) is 23.0 Å². The fraction of sp³-hybridized carbons (Fsp3) is 0.385. The molecule has 1 aromatic carbocycles. The smallest absolute Gasteiger partial charge is 0.308 e. The summed E-state index contributed by atoms with van der Waals surface area (Å²) in [4.78, 5) is 33.0. The molecule has 0 bridgehead atoms. The van der Waals surface area contributed by atoms with E-state index in [1.54, 1.807) is 26.8 Å². The Balaban J connectivity index is 2.65. The Bertz CT molecular complexity index is 540. The van der Waals surface area contributed by atoms with E-state index in [4.69, 9.17) is 4.74 Å². The van der Waals surface area contributed by atoms with Gasteiger partial charge in [0.25, 0.3) is 11.6 Å². The standard InChI is InChI=1S/C13H16N2O5/c1-8(2)13(17)20-7-12(16)14-10-5-4-9(3)11(6-10)15(18)19/h4-6,8H,7H2,1-3H3,(H,14,16). The monoisotopic (exact) mass is 280 g/mol. The number of aryl methyl sites for hydroxylation is 1. The van der Waals surface area contributed by atoms with Gasteiger partial charge < -0.3 is 10.1 Å². The average Bonchev–Trinajstić information content (AvgIpc) is 2.37. The lowest BCUT2D eigenvalue weighted by Gasteiger charge is -2.08. The summed E-state index contributed by atoms with van der Waals surface area (Å²) in [6.07, 6.45) is 0. The minimum absolute atomic E-state index is 0.0815. The van der Waals surface area contributed by atoms with Crippen LogP contribution in [0.5, 0.6) is 0 Å².